The van der Waals surface area contributed by atoms with E-state index in [0.29, 0.717) is 11.9 Å². The van der Waals surface area contributed by atoms with Gasteiger partial charge in [0.15, 0.2) is 0 Å². The van der Waals surface area contributed by atoms with E-state index in [1.165, 1.54) is 12.1 Å². The Morgan fingerprint density at radius 3 is 2.00 bits per heavy atom. The summed E-state index contributed by atoms with van der Waals surface area (Å²) in [7, 11) is -3.92. The number of benzene rings is 1. The highest BCUT2D eigenvalue weighted by Gasteiger charge is 1.92. The number of hydrogen-bond donors (Lipinski definition) is 3. The van der Waals surface area contributed by atoms with Gasteiger partial charge in [-0.15, -0.1) is 0 Å². The van der Waals surface area contributed by atoms with Gasteiger partial charge in [-0.2, -0.15) is 0 Å². The molecule has 0 saturated heterocycles. The van der Waals surface area contributed by atoms with Crippen molar-refractivity contribution in [2.45, 2.75) is 0 Å². The van der Waals surface area contributed by atoms with Gasteiger partial charge in [-0.25, -0.2) is 17.8 Å². The molecule has 0 unspecified atom stereocenters. The van der Waals surface area contributed by atoms with Crippen LogP contribution in [-0.4, -0.2) is 25.2 Å². The fourth-order valence-electron chi connectivity index (χ4n) is 0.700. The van der Waals surface area contributed by atoms with Crippen molar-refractivity contribution in [2.75, 3.05) is 6.26 Å². The first kappa shape index (κ1) is 14.3. The summed E-state index contributed by atoms with van der Waals surface area (Å²) in [5.74, 6) is -0.192. The van der Waals surface area contributed by atoms with Gasteiger partial charge in [-0.1, -0.05) is 0 Å². The van der Waals surface area contributed by atoms with Crippen molar-refractivity contribution in [2.24, 2.45) is 11.5 Å². The minimum Gasteiger partial charge on any atom is -0.748 e. The summed E-state index contributed by atoms with van der Waals surface area (Å²) in [6.45, 7) is 0. The molecule has 0 radical (unpaired) electrons. The third kappa shape index (κ3) is 10.4. The molecule has 5 N–H and O–H groups in total. The Hall–Kier alpha value is -1.67. The molecule has 90 valence electrons. The molecule has 1 aromatic carbocycles. The van der Waals surface area contributed by atoms with E-state index < -0.39 is 10.1 Å². The summed E-state index contributed by atoms with van der Waals surface area (Å²) in [5.41, 5.74) is 11.0. The minimum absolute atomic E-state index is 0.0941. The molecule has 1 rings (SSSR count). The van der Waals surface area contributed by atoms with Crippen LogP contribution in [-0.2, 0) is 10.1 Å². The highest BCUT2D eigenvalue weighted by atomic mass is 32.2. The van der Waals surface area contributed by atoms with E-state index >= 15 is 0 Å². The molecule has 0 aliphatic rings. The van der Waals surface area contributed by atoms with Crippen molar-refractivity contribution in [1.29, 1.82) is 0 Å². The Morgan fingerprint density at radius 2 is 1.69 bits per heavy atom. The van der Waals surface area contributed by atoms with Gasteiger partial charge in [0, 0.05) is 6.26 Å². The van der Waals surface area contributed by atoms with E-state index in [1.807, 2.05) is 0 Å². The lowest BCUT2D eigenvalue weighted by atomic mass is 10.3. The van der Waals surface area contributed by atoms with Crippen molar-refractivity contribution in [3.05, 3.63) is 30.1 Å². The standard InChI is InChI=1S/C7H8FN3.CH4O3S/c8-5-1-3-6(4-2-5)11-7(9)10;1-5(2,3)4/h1-4H,(H4,9,10,11);1H3,(H,2,3,4). The summed E-state index contributed by atoms with van der Waals surface area (Å²) in [6, 6.07) is 5.75. The minimum atomic E-state index is -3.92. The molecular weight excluding hydrogens is 237 g/mol. The van der Waals surface area contributed by atoms with Gasteiger partial charge in [-0.05, 0) is 24.3 Å². The van der Waals surface area contributed by atoms with Crippen molar-refractivity contribution >= 4 is 21.8 Å². The monoisotopic (exact) mass is 249 g/mol. The van der Waals surface area contributed by atoms with Crippen molar-refractivity contribution in [3.63, 3.8) is 0 Å². The van der Waals surface area contributed by atoms with Gasteiger partial charge in [-0.3, -0.25) is 11.5 Å². The molecular formula is C8H12FN3O3S. The molecule has 0 heterocycles. The van der Waals surface area contributed by atoms with Crippen LogP contribution in [0.25, 0.3) is 0 Å². The second-order valence-electron chi connectivity index (χ2n) is 2.79. The summed E-state index contributed by atoms with van der Waals surface area (Å²) >= 11 is 0. The topological polar surface area (TPSA) is 123 Å². The number of halogens is 1. The van der Waals surface area contributed by atoms with Crippen LogP contribution >= 0.6 is 0 Å². The third-order valence-electron chi connectivity index (χ3n) is 1.13. The Kier molecular flexibility index (Phi) is 5.40. The van der Waals surface area contributed by atoms with Gasteiger partial charge >= 0.3 is 5.96 Å². The van der Waals surface area contributed by atoms with Gasteiger partial charge in [0.05, 0.1) is 15.8 Å². The maximum Gasteiger partial charge on any atom is 0.343 e. The quantitative estimate of drug-likeness (QED) is 0.301. The number of hydrogen-bond acceptors (Lipinski definition) is 3. The Balaban J connectivity index is 0.000000385. The van der Waals surface area contributed by atoms with E-state index in [0.717, 1.165) is 0 Å². The summed E-state index contributed by atoms with van der Waals surface area (Å²) in [5, 5.41) is 0. The second-order valence-corrected chi connectivity index (χ2v) is 4.20. The number of rotatable bonds is 1. The molecule has 0 spiro atoms. The Morgan fingerprint density at radius 1 is 1.31 bits per heavy atom. The molecule has 0 saturated carbocycles. The van der Waals surface area contributed by atoms with Crippen molar-refractivity contribution < 1.29 is 22.4 Å². The molecule has 0 atom stereocenters. The molecule has 8 heteroatoms. The molecule has 0 aliphatic carbocycles. The van der Waals surface area contributed by atoms with Gasteiger partial charge in [0.2, 0.25) is 0 Å². The molecule has 1 aromatic rings. The number of nitrogens with one attached hydrogen (secondary N) is 1. The van der Waals surface area contributed by atoms with Crippen molar-refractivity contribution in [3.8, 4) is 0 Å². The van der Waals surface area contributed by atoms with Gasteiger partial charge in [0.25, 0.3) is 0 Å². The Bertz CT molecular complexity index is 444. The lowest BCUT2D eigenvalue weighted by Gasteiger charge is -1.90. The third-order valence-corrected chi connectivity index (χ3v) is 1.13. The molecule has 16 heavy (non-hydrogen) atoms. The number of guanidine groups is 1. The first-order chi connectivity index (χ1) is 7.18. The zero-order chi connectivity index (χ0) is 12.8. The molecule has 0 amide bonds. The Labute approximate surface area is 92.5 Å². The first-order valence-corrected chi connectivity index (χ1v) is 5.81. The maximum absolute atomic E-state index is 12.3. The normalized spacial score (nSPS) is 9.94. The predicted octanol–water partition coefficient (Wildman–Crippen LogP) is -2.03. The summed E-state index contributed by atoms with van der Waals surface area (Å²) in [6.07, 6.45) is 0.604. The van der Waals surface area contributed by atoms with Crippen LogP contribution in [0.1, 0.15) is 0 Å². The fraction of sp³-hybridized carbons (Fsp3) is 0.125. The van der Waals surface area contributed by atoms with Gasteiger partial charge < -0.3 is 4.55 Å². The average molecular weight is 249 g/mol. The van der Waals surface area contributed by atoms with Crippen LogP contribution in [0.2, 0.25) is 0 Å². The van der Waals surface area contributed by atoms with Crippen LogP contribution in [0, 0.1) is 5.82 Å². The zero-order valence-electron chi connectivity index (χ0n) is 8.48. The largest absolute Gasteiger partial charge is 0.748 e. The van der Waals surface area contributed by atoms with Crippen LogP contribution in [0.3, 0.4) is 0 Å². The zero-order valence-corrected chi connectivity index (χ0v) is 9.29. The summed E-state index contributed by atoms with van der Waals surface area (Å²) < 4.78 is 39.6. The predicted molar refractivity (Wildman–Crippen MR) is 56.0 cm³/mol. The molecule has 0 fully saturated rings. The van der Waals surface area contributed by atoms with E-state index in [4.69, 9.17) is 24.4 Å². The van der Waals surface area contributed by atoms with Gasteiger partial charge in [0.1, 0.15) is 5.82 Å². The highest BCUT2D eigenvalue weighted by Crippen LogP contribution is 2.00. The van der Waals surface area contributed by atoms with E-state index in [9.17, 15) is 4.39 Å². The number of nitrogens with two attached hydrogens (primary N) is 2. The molecule has 0 aliphatic heterocycles. The fourth-order valence-corrected chi connectivity index (χ4v) is 0.700. The van der Waals surface area contributed by atoms with E-state index in [1.54, 1.807) is 12.1 Å². The average Bonchev–Trinajstić information content (AvgIpc) is 2.05. The van der Waals surface area contributed by atoms with Crippen LogP contribution in [0.5, 0.6) is 0 Å². The van der Waals surface area contributed by atoms with Crippen LogP contribution in [0.4, 0.5) is 10.1 Å². The lowest BCUT2D eigenvalue weighted by Crippen LogP contribution is -2.72. The van der Waals surface area contributed by atoms with Crippen LogP contribution in [0.15, 0.2) is 24.3 Å². The highest BCUT2D eigenvalue weighted by molar-refractivity contribution is 7.84. The first-order valence-electron chi connectivity index (χ1n) is 4.00. The smallest absolute Gasteiger partial charge is 0.343 e. The summed E-state index contributed by atoms with van der Waals surface area (Å²) in [4.78, 5) is 2.64. The molecule has 0 bridgehead atoms. The van der Waals surface area contributed by atoms with Crippen LogP contribution < -0.4 is 16.5 Å². The van der Waals surface area contributed by atoms with E-state index in [-0.39, 0.29) is 11.8 Å². The van der Waals surface area contributed by atoms with E-state index in [2.05, 4.69) is 4.99 Å². The van der Waals surface area contributed by atoms with Crippen molar-refractivity contribution in [1.82, 2.24) is 0 Å². The maximum atomic E-state index is 12.3. The molecule has 0 aromatic heterocycles. The second kappa shape index (κ2) is 6.03. The SMILES string of the molecule is CS(=O)(=O)[O-].NC(N)=[NH+]c1ccc(F)cc1. The molecule has 6 nitrogen and oxygen atoms in total. The lowest BCUT2D eigenvalue weighted by molar-refractivity contribution is -0.356.